The van der Waals surface area contributed by atoms with Gasteiger partial charge >= 0.3 is 5.97 Å². The zero-order chi connectivity index (χ0) is 10.9. The van der Waals surface area contributed by atoms with Crippen LogP contribution in [0.4, 0.5) is 0 Å². The van der Waals surface area contributed by atoms with Crippen LogP contribution < -0.4 is 5.32 Å². The highest BCUT2D eigenvalue weighted by Crippen LogP contribution is 2.47. The van der Waals surface area contributed by atoms with Crippen molar-refractivity contribution < 1.29 is 14.3 Å². The number of nitrogens with one attached hydrogen (secondary N) is 1. The normalized spacial score (nSPS) is 28.1. The van der Waals surface area contributed by atoms with E-state index in [0.29, 0.717) is 13.2 Å². The number of hydrogen-bond donors (Lipinski definition) is 1. The van der Waals surface area contributed by atoms with E-state index in [1.807, 2.05) is 0 Å². The lowest BCUT2D eigenvalue weighted by molar-refractivity contribution is -0.154. The molecular weight excluding hydrogens is 194 g/mol. The predicted molar refractivity (Wildman–Crippen MR) is 54.0 cm³/mol. The molecule has 0 radical (unpaired) electrons. The fourth-order valence-corrected chi connectivity index (χ4v) is 2.87. The summed E-state index contributed by atoms with van der Waals surface area (Å²) >= 11 is 0. The third kappa shape index (κ3) is 1.62. The molecule has 2 rings (SSSR count). The summed E-state index contributed by atoms with van der Waals surface area (Å²) < 4.78 is 4.98. The number of carbonyl (C=O) groups is 2. The molecule has 2 aliphatic rings. The highest BCUT2D eigenvalue weighted by atomic mass is 16.5. The van der Waals surface area contributed by atoms with E-state index in [0.717, 1.165) is 25.7 Å². The number of hydrogen-bond acceptors (Lipinski definition) is 3. The SMILES string of the molecule is CCOC(=O)C1C(=O)NCC12CCCC2. The lowest BCUT2D eigenvalue weighted by atomic mass is 9.76. The van der Waals surface area contributed by atoms with Gasteiger partial charge in [0.2, 0.25) is 5.91 Å². The van der Waals surface area contributed by atoms with Crippen molar-refractivity contribution in [1.82, 2.24) is 5.32 Å². The number of esters is 1. The second kappa shape index (κ2) is 3.83. The van der Waals surface area contributed by atoms with Crippen molar-refractivity contribution in [2.75, 3.05) is 13.2 Å². The molecule has 84 valence electrons. The van der Waals surface area contributed by atoms with Crippen LogP contribution in [0.5, 0.6) is 0 Å². The molecule has 1 N–H and O–H groups in total. The maximum atomic E-state index is 11.7. The van der Waals surface area contributed by atoms with Gasteiger partial charge in [0.25, 0.3) is 0 Å². The lowest BCUT2D eigenvalue weighted by Crippen LogP contribution is -2.35. The molecule has 1 unspecified atom stereocenters. The van der Waals surface area contributed by atoms with Crippen molar-refractivity contribution in [3.63, 3.8) is 0 Å². The van der Waals surface area contributed by atoms with Crippen molar-refractivity contribution in [3.8, 4) is 0 Å². The van der Waals surface area contributed by atoms with Crippen LogP contribution in [-0.2, 0) is 14.3 Å². The van der Waals surface area contributed by atoms with E-state index in [9.17, 15) is 9.59 Å². The van der Waals surface area contributed by atoms with Crippen LogP contribution in [0.1, 0.15) is 32.6 Å². The Morgan fingerprint density at radius 2 is 2.20 bits per heavy atom. The minimum absolute atomic E-state index is 0.136. The molecule has 4 nitrogen and oxygen atoms in total. The van der Waals surface area contributed by atoms with E-state index in [1.165, 1.54) is 0 Å². The lowest BCUT2D eigenvalue weighted by Gasteiger charge is -2.26. The van der Waals surface area contributed by atoms with Crippen molar-refractivity contribution in [2.24, 2.45) is 11.3 Å². The Morgan fingerprint density at radius 3 is 2.80 bits per heavy atom. The first-order valence-electron chi connectivity index (χ1n) is 5.64. The van der Waals surface area contributed by atoms with Crippen molar-refractivity contribution in [3.05, 3.63) is 0 Å². The van der Waals surface area contributed by atoms with Gasteiger partial charge in [0.15, 0.2) is 0 Å². The summed E-state index contributed by atoms with van der Waals surface area (Å²) in [5.74, 6) is -1.04. The molecule has 1 saturated carbocycles. The van der Waals surface area contributed by atoms with Crippen LogP contribution >= 0.6 is 0 Å². The van der Waals surface area contributed by atoms with Gasteiger partial charge in [-0.3, -0.25) is 9.59 Å². The monoisotopic (exact) mass is 211 g/mol. The van der Waals surface area contributed by atoms with E-state index in [1.54, 1.807) is 6.92 Å². The Kier molecular flexibility index (Phi) is 2.67. The van der Waals surface area contributed by atoms with Crippen LogP contribution in [0.3, 0.4) is 0 Å². The highest BCUT2D eigenvalue weighted by Gasteiger charge is 2.53. The second-order valence-electron chi connectivity index (χ2n) is 4.47. The van der Waals surface area contributed by atoms with E-state index in [2.05, 4.69) is 5.32 Å². The van der Waals surface area contributed by atoms with Crippen LogP contribution in [0.2, 0.25) is 0 Å². The summed E-state index contributed by atoms with van der Waals surface area (Å²) in [5, 5.41) is 2.80. The van der Waals surface area contributed by atoms with Crippen molar-refractivity contribution in [1.29, 1.82) is 0 Å². The fourth-order valence-electron chi connectivity index (χ4n) is 2.87. The summed E-state index contributed by atoms with van der Waals surface area (Å²) in [6.45, 7) is 2.76. The summed E-state index contributed by atoms with van der Waals surface area (Å²) in [6.07, 6.45) is 4.17. The Bertz CT molecular complexity index is 282. The van der Waals surface area contributed by atoms with Gasteiger partial charge in [-0.25, -0.2) is 0 Å². The molecule has 2 fully saturated rings. The van der Waals surface area contributed by atoms with Gasteiger partial charge in [-0.15, -0.1) is 0 Å². The average molecular weight is 211 g/mol. The molecule has 1 aliphatic heterocycles. The van der Waals surface area contributed by atoms with Gasteiger partial charge in [-0.05, 0) is 19.8 Å². The average Bonchev–Trinajstić information content (AvgIpc) is 2.77. The van der Waals surface area contributed by atoms with E-state index in [4.69, 9.17) is 4.74 Å². The van der Waals surface area contributed by atoms with E-state index < -0.39 is 5.92 Å². The van der Waals surface area contributed by atoms with Crippen LogP contribution in [0, 0.1) is 11.3 Å². The third-order valence-corrected chi connectivity index (χ3v) is 3.61. The standard InChI is InChI=1S/C11H17NO3/c1-2-15-10(14)8-9(13)12-7-11(8)5-3-4-6-11/h8H,2-7H2,1H3,(H,12,13). The fraction of sp³-hybridized carbons (Fsp3) is 0.818. The molecule has 1 saturated heterocycles. The molecule has 4 heteroatoms. The molecule has 0 aromatic heterocycles. The smallest absolute Gasteiger partial charge is 0.319 e. The summed E-state index contributed by atoms with van der Waals surface area (Å²) in [5.41, 5.74) is -0.136. The maximum Gasteiger partial charge on any atom is 0.319 e. The number of ether oxygens (including phenoxy) is 1. The molecule has 1 amide bonds. The van der Waals surface area contributed by atoms with Crippen LogP contribution in [0.25, 0.3) is 0 Å². The molecule has 0 aromatic rings. The van der Waals surface area contributed by atoms with E-state index in [-0.39, 0.29) is 17.3 Å². The molecule has 1 spiro atoms. The first kappa shape index (κ1) is 10.5. The van der Waals surface area contributed by atoms with E-state index >= 15 is 0 Å². The van der Waals surface area contributed by atoms with Crippen LogP contribution in [0.15, 0.2) is 0 Å². The van der Waals surface area contributed by atoms with Crippen molar-refractivity contribution >= 4 is 11.9 Å². The Hall–Kier alpha value is -1.06. The topological polar surface area (TPSA) is 55.4 Å². The van der Waals surface area contributed by atoms with Gasteiger partial charge in [0.05, 0.1) is 6.61 Å². The van der Waals surface area contributed by atoms with Gasteiger partial charge in [0.1, 0.15) is 5.92 Å². The molecule has 1 aliphatic carbocycles. The molecule has 0 bridgehead atoms. The third-order valence-electron chi connectivity index (χ3n) is 3.61. The minimum atomic E-state index is -0.556. The Balaban J connectivity index is 2.18. The highest BCUT2D eigenvalue weighted by molar-refractivity contribution is 6.00. The zero-order valence-electron chi connectivity index (χ0n) is 9.04. The molecule has 1 atom stereocenters. The molecule has 0 aromatic carbocycles. The summed E-state index contributed by atoms with van der Waals surface area (Å²) in [7, 11) is 0. The van der Waals surface area contributed by atoms with Crippen molar-refractivity contribution in [2.45, 2.75) is 32.6 Å². The van der Waals surface area contributed by atoms with Crippen LogP contribution in [-0.4, -0.2) is 25.0 Å². The second-order valence-corrected chi connectivity index (χ2v) is 4.47. The maximum absolute atomic E-state index is 11.7. The minimum Gasteiger partial charge on any atom is -0.465 e. The van der Waals surface area contributed by atoms with Gasteiger partial charge in [-0.2, -0.15) is 0 Å². The summed E-state index contributed by atoms with van der Waals surface area (Å²) in [6, 6.07) is 0. The first-order valence-corrected chi connectivity index (χ1v) is 5.64. The number of rotatable bonds is 2. The molecule has 15 heavy (non-hydrogen) atoms. The Morgan fingerprint density at radius 1 is 1.53 bits per heavy atom. The predicted octanol–water partition coefficient (Wildman–Crippen LogP) is 0.856. The Labute approximate surface area is 89.4 Å². The molecule has 1 heterocycles. The van der Waals surface area contributed by atoms with Gasteiger partial charge < -0.3 is 10.1 Å². The quantitative estimate of drug-likeness (QED) is 0.544. The summed E-state index contributed by atoms with van der Waals surface area (Å²) in [4.78, 5) is 23.4. The zero-order valence-corrected chi connectivity index (χ0v) is 9.04. The first-order chi connectivity index (χ1) is 7.19. The van der Waals surface area contributed by atoms with Gasteiger partial charge in [-0.1, -0.05) is 12.8 Å². The van der Waals surface area contributed by atoms with Gasteiger partial charge in [0, 0.05) is 12.0 Å². The number of amides is 1. The largest absolute Gasteiger partial charge is 0.465 e. The number of carbonyl (C=O) groups excluding carboxylic acids is 2. The molecular formula is C11H17NO3.